The number of hydrogen-bond acceptors (Lipinski definition) is 3. The maximum atomic E-state index is 11.3. The molecule has 0 saturated carbocycles. The van der Waals surface area contributed by atoms with Crippen LogP contribution in [0.1, 0.15) is 32.6 Å². The molecule has 16 heavy (non-hydrogen) atoms. The lowest BCUT2D eigenvalue weighted by molar-refractivity contribution is -0.121. The van der Waals surface area contributed by atoms with Gasteiger partial charge in [-0.25, -0.2) is 4.79 Å². The van der Waals surface area contributed by atoms with Crippen molar-refractivity contribution in [3.8, 4) is 0 Å². The third kappa shape index (κ3) is 4.51. The number of Topliss-reactive ketones (excluding diaryl/α,β-unsaturated/α-hetero) is 1. The van der Waals surface area contributed by atoms with E-state index in [0.29, 0.717) is 6.42 Å². The molecule has 0 heterocycles. The lowest BCUT2D eigenvalue weighted by atomic mass is 9.90. The highest BCUT2D eigenvalue weighted by Gasteiger charge is 2.19. The van der Waals surface area contributed by atoms with Crippen LogP contribution in [0.4, 0.5) is 4.79 Å². The van der Waals surface area contributed by atoms with Gasteiger partial charge in [0.05, 0.1) is 22.9 Å². The van der Waals surface area contributed by atoms with Crippen LogP contribution in [0.3, 0.4) is 0 Å². The van der Waals surface area contributed by atoms with Gasteiger partial charge in [-0.05, 0) is 38.7 Å². The van der Waals surface area contributed by atoms with Gasteiger partial charge in [0, 0.05) is 5.92 Å². The van der Waals surface area contributed by atoms with Crippen molar-refractivity contribution in [3.05, 3.63) is 12.2 Å². The summed E-state index contributed by atoms with van der Waals surface area (Å²) in [6.45, 7) is 1.63. The minimum absolute atomic E-state index is 0.110. The van der Waals surface area contributed by atoms with E-state index in [0.717, 1.165) is 19.3 Å². The fraction of sp³-hybridized carbons (Fsp3) is 0.636. The molecule has 1 aliphatic carbocycles. The Kier molecular flexibility index (Phi) is 5.79. The maximum Gasteiger partial charge on any atom is 0.416 e. The van der Waals surface area contributed by atoms with Gasteiger partial charge in [-0.3, -0.25) is 8.32 Å². The molecule has 1 rings (SSSR count). The number of carbonyl (C=O) groups is 2. The Hall–Kier alpha value is -0.590. The van der Waals surface area contributed by atoms with Gasteiger partial charge < -0.3 is 4.74 Å². The van der Waals surface area contributed by atoms with E-state index >= 15 is 0 Å². The number of allylic oxidation sites excluding steroid dienone is 1. The predicted molar refractivity (Wildman–Crippen MR) is 69.2 cm³/mol. The van der Waals surface area contributed by atoms with Gasteiger partial charge in [0.2, 0.25) is 0 Å². The first-order valence-electron chi connectivity index (χ1n) is 5.38. The normalized spacial score (nSPS) is 27.4. The van der Waals surface area contributed by atoms with Crippen LogP contribution in [0.15, 0.2) is 12.2 Å². The number of hydrogen-bond donors (Lipinski definition) is 1. The highest BCUT2D eigenvalue weighted by molar-refractivity contribution is 14.1. The molecule has 0 fully saturated rings. The van der Waals surface area contributed by atoms with Gasteiger partial charge in [-0.2, -0.15) is 0 Å². The summed E-state index contributed by atoms with van der Waals surface area (Å²) in [5.74, 6) is 0.339. The average Bonchev–Trinajstić information content (AvgIpc) is 2.21. The second-order valence-corrected chi connectivity index (χ2v) is 4.47. The Balaban J connectivity index is 2.51. The van der Waals surface area contributed by atoms with E-state index in [4.69, 9.17) is 4.74 Å². The number of ketones is 1. The van der Waals surface area contributed by atoms with Gasteiger partial charge in [0.25, 0.3) is 0 Å². The zero-order valence-corrected chi connectivity index (χ0v) is 11.4. The molecule has 0 aliphatic heterocycles. The Bertz CT molecular complexity index is 291. The summed E-state index contributed by atoms with van der Waals surface area (Å²) < 4.78 is 7.54. The van der Waals surface area contributed by atoms with Crippen LogP contribution in [-0.4, -0.2) is 18.0 Å². The summed E-state index contributed by atoms with van der Waals surface area (Å²) in [4.78, 5) is 22.4. The summed E-state index contributed by atoms with van der Waals surface area (Å²) in [7, 11) is 0. The number of rotatable bonds is 2. The Morgan fingerprint density at radius 3 is 2.75 bits per heavy atom. The number of halogens is 1. The first-order valence-corrected chi connectivity index (χ1v) is 6.45. The topological polar surface area (TPSA) is 55.4 Å². The number of amides is 1. The molecule has 0 saturated heterocycles. The van der Waals surface area contributed by atoms with E-state index in [9.17, 15) is 9.59 Å². The Morgan fingerprint density at radius 1 is 1.38 bits per heavy atom. The molecule has 1 N–H and O–H groups in total. The minimum Gasteiger partial charge on any atom is -0.442 e. The van der Waals surface area contributed by atoms with E-state index in [1.54, 1.807) is 29.8 Å². The van der Waals surface area contributed by atoms with Gasteiger partial charge in [-0.15, -0.1) is 0 Å². The molecule has 0 aromatic heterocycles. The molecule has 0 spiro atoms. The largest absolute Gasteiger partial charge is 0.442 e. The van der Waals surface area contributed by atoms with Crippen molar-refractivity contribution in [2.75, 3.05) is 0 Å². The molecule has 1 aliphatic rings. The van der Waals surface area contributed by atoms with Crippen molar-refractivity contribution >= 4 is 34.7 Å². The van der Waals surface area contributed by atoms with Gasteiger partial charge in [0.15, 0.2) is 0 Å². The molecular formula is C11H16INO3. The molecule has 0 radical (unpaired) electrons. The number of ether oxygens (including phenoxy) is 1. The van der Waals surface area contributed by atoms with Crippen LogP contribution in [-0.2, 0) is 9.53 Å². The summed E-state index contributed by atoms with van der Waals surface area (Å²) >= 11 is 1.74. The van der Waals surface area contributed by atoms with Crippen molar-refractivity contribution in [2.45, 2.75) is 38.7 Å². The quantitative estimate of drug-likeness (QED) is 0.479. The van der Waals surface area contributed by atoms with Crippen LogP contribution in [0.25, 0.3) is 0 Å². The first kappa shape index (κ1) is 13.5. The van der Waals surface area contributed by atoms with Crippen LogP contribution >= 0.6 is 22.9 Å². The fourth-order valence-corrected chi connectivity index (χ4v) is 1.94. The van der Waals surface area contributed by atoms with Gasteiger partial charge in [0.1, 0.15) is 11.9 Å². The molecule has 90 valence electrons. The van der Waals surface area contributed by atoms with Crippen LogP contribution in [0.2, 0.25) is 0 Å². The van der Waals surface area contributed by atoms with Crippen molar-refractivity contribution < 1.29 is 14.3 Å². The van der Waals surface area contributed by atoms with Crippen LogP contribution < -0.4 is 3.53 Å². The minimum atomic E-state index is -0.435. The van der Waals surface area contributed by atoms with Crippen LogP contribution in [0.5, 0.6) is 0 Å². The predicted octanol–water partition coefficient (Wildman–Crippen LogP) is 2.77. The van der Waals surface area contributed by atoms with E-state index in [2.05, 4.69) is 3.53 Å². The maximum absolute atomic E-state index is 11.3. The molecular weight excluding hydrogens is 321 g/mol. The highest BCUT2D eigenvalue weighted by Crippen LogP contribution is 2.21. The SMILES string of the molecule is CC(=O)C1CC/C=C/C(OC(=O)NI)CC1. The van der Waals surface area contributed by atoms with Crippen molar-refractivity contribution in [3.63, 3.8) is 0 Å². The first-order chi connectivity index (χ1) is 7.63. The highest BCUT2D eigenvalue weighted by atomic mass is 127. The molecule has 2 unspecified atom stereocenters. The summed E-state index contributed by atoms with van der Waals surface area (Å²) in [5, 5.41) is 0. The van der Waals surface area contributed by atoms with Crippen molar-refractivity contribution in [2.24, 2.45) is 5.92 Å². The van der Waals surface area contributed by atoms with E-state index in [-0.39, 0.29) is 17.8 Å². The molecule has 0 aromatic carbocycles. The van der Waals surface area contributed by atoms with E-state index < -0.39 is 6.09 Å². The smallest absolute Gasteiger partial charge is 0.416 e. The van der Waals surface area contributed by atoms with Crippen molar-refractivity contribution in [1.82, 2.24) is 3.53 Å². The zero-order valence-electron chi connectivity index (χ0n) is 9.24. The summed E-state index contributed by atoms with van der Waals surface area (Å²) in [6.07, 6.45) is 6.52. The summed E-state index contributed by atoms with van der Waals surface area (Å²) in [5.41, 5.74) is 0. The molecule has 0 bridgehead atoms. The van der Waals surface area contributed by atoms with Crippen molar-refractivity contribution in [1.29, 1.82) is 0 Å². The lowest BCUT2D eigenvalue weighted by Crippen LogP contribution is -2.24. The van der Waals surface area contributed by atoms with E-state index in [1.165, 1.54) is 0 Å². The fourth-order valence-electron chi connectivity index (χ4n) is 1.82. The third-order valence-electron chi connectivity index (χ3n) is 2.74. The zero-order chi connectivity index (χ0) is 12.0. The van der Waals surface area contributed by atoms with E-state index in [1.807, 2.05) is 12.2 Å². The number of carbonyl (C=O) groups excluding carboxylic acids is 2. The lowest BCUT2D eigenvalue weighted by Gasteiger charge is -2.19. The van der Waals surface area contributed by atoms with Crippen LogP contribution in [0, 0.1) is 5.92 Å². The molecule has 4 nitrogen and oxygen atoms in total. The molecule has 5 heteroatoms. The summed E-state index contributed by atoms with van der Waals surface area (Å²) in [6, 6.07) is 0. The second-order valence-electron chi connectivity index (χ2n) is 3.93. The second kappa shape index (κ2) is 6.88. The van der Waals surface area contributed by atoms with Gasteiger partial charge in [-0.1, -0.05) is 6.08 Å². The number of nitrogens with one attached hydrogen (secondary N) is 1. The third-order valence-corrected chi connectivity index (χ3v) is 3.18. The monoisotopic (exact) mass is 337 g/mol. The van der Waals surface area contributed by atoms with Gasteiger partial charge >= 0.3 is 6.09 Å². The Morgan fingerprint density at radius 2 is 2.12 bits per heavy atom. The molecule has 1 amide bonds. The average molecular weight is 337 g/mol. The standard InChI is InChI=1S/C11H16INO3/c1-8(14)9-4-2-3-5-10(7-6-9)16-11(15)13-12/h3,5,9-10H,2,4,6-7H2,1H3,(H,13,15)/b5-3+. The molecule has 0 aromatic rings. The molecule has 2 atom stereocenters. The Labute approximate surface area is 109 Å².